The lowest BCUT2D eigenvalue weighted by Gasteiger charge is -2.13. The Morgan fingerprint density at radius 2 is 1.95 bits per heavy atom. The molecule has 118 valence electrons. The molecule has 1 aliphatic rings. The third kappa shape index (κ3) is 9.05. The highest BCUT2D eigenvalue weighted by molar-refractivity contribution is 5.79. The Morgan fingerprint density at radius 3 is 2.76 bits per heavy atom. The molecule has 2 amide bonds. The molecule has 0 aromatic heterocycles. The van der Waals surface area contributed by atoms with Crippen LogP contribution in [-0.4, -0.2) is 44.2 Å². The van der Waals surface area contributed by atoms with Crippen LogP contribution in [0.1, 0.15) is 38.5 Å². The van der Waals surface area contributed by atoms with E-state index < -0.39 is 0 Å². The second kappa shape index (κ2) is 11.1. The molecule has 0 radical (unpaired) electrons. The molecule has 21 heavy (non-hydrogen) atoms. The summed E-state index contributed by atoms with van der Waals surface area (Å²) in [6.45, 7) is 1.16. The number of carbonyl (C=O) groups excluding carboxylic acids is 2. The van der Waals surface area contributed by atoms with Gasteiger partial charge in [0.1, 0.15) is 12.7 Å². The summed E-state index contributed by atoms with van der Waals surface area (Å²) in [5.41, 5.74) is 5.27. The van der Waals surface area contributed by atoms with Crippen LogP contribution in [0.2, 0.25) is 0 Å². The summed E-state index contributed by atoms with van der Waals surface area (Å²) >= 11 is 0. The van der Waals surface area contributed by atoms with Gasteiger partial charge in [-0.3, -0.25) is 9.59 Å². The van der Waals surface area contributed by atoms with Gasteiger partial charge in [-0.05, 0) is 19.3 Å². The summed E-state index contributed by atoms with van der Waals surface area (Å²) in [6.07, 6.45) is 5.28. The van der Waals surface area contributed by atoms with Crippen molar-refractivity contribution in [1.29, 1.82) is 0 Å². The highest BCUT2D eigenvalue weighted by Gasteiger charge is 2.10. The number of hydrogen-bond acceptors (Lipinski definition) is 4. The fraction of sp³-hybridized carbons (Fsp3) is 0.733. The molecular weight excluding hydrogens is 270 g/mol. The molecule has 0 heterocycles. The summed E-state index contributed by atoms with van der Waals surface area (Å²) < 4.78 is 5.50. The molecule has 0 aliphatic heterocycles. The Kier molecular flexibility index (Phi) is 9.25. The summed E-state index contributed by atoms with van der Waals surface area (Å²) in [4.78, 5) is 22.9. The lowest BCUT2D eigenvalue weighted by Crippen LogP contribution is -2.35. The number of nitrogens with two attached hydrogens (primary N) is 1. The fourth-order valence-electron chi connectivity index (χ4n) is 1.95. The number of nitrogens with one attached hydrogen (secondary N) is 2. The Labute approximate surface area is 126 Å². The minimum atomic E-state index is -0.217. The summed E-state index contributed by atoms with van der Waals surface area (Å²) in [6, 6.07) is 0. The SMILES string of the molecule is NCCNC(=O)CCNC(=O)COC1C#CCCCCC1. The van der Waals surface area contributed by atoms with Crippen molar-refractivity contribution in [2.45, 2.75) is 44.6 Å². The number of ether oxygens (including phenoxy) is 1. The Morgan fingerprint density at radius 1 is 1.14 bits per heavy atom. The third-order valence-electron chi connectivity index (χ3n) is 3.09. The van der Waals surface area contributed by atoms with E-state index in [1.165, 1.54) is 6.42 Å². The van der Waals surface area contributed by atoms with E-state index in [0.717, 1.165) is 25.7 Å². The molecule has 0 saturated carbocycles. The minimum Gasteiger partial charge on any atom is -0.356 e. The molecule has 0 aromatic carbocycles. The number of rotatable bonds is 8. The highest BCUT2D eigenvalue weighted by Crippen LogP contribution is 2.10. The van der Waals surface area contributed by atoms with Crippen LogP contribution in [0, 0.1) is 11.8 Å². The van der Waals surface area contributed by atoms with Crippen LogP contribution in [0.4, 0.5) is 0 Å². The van der Waals surface area contributed by atoms with E-state index in [2.05, 4.69) is 22.5 Å². The van der Waals surface area contributed by atoms with E-state index in [1.54, 1.807) is 0 Å². The third-order valence-corrected chi connectivity index (χ3v) is 3.09. The molecule has 1 aliphatic carbocycles. The van der Waals surface area contributed by atoms with Crippen LogP contribution < -0.4 is 16.4 Å². The van der Waals surface area contributed by atoms with Crippen molar-refractivity contribution < 1.29 is 14.3 Å². The second-order valence-electron chi connectivity index (χ2n) is 4.96. The second-order valence-corrected chi connectivity index (χ2v) is 4.96. The molecule has 6 nitrogen and oxygen atoms in total. The number of amides is 2. The first-order valence-corrected chi connectivity index (χ1v) is 7.56. The van der Waals surface area contributed by atoms with Gasteiger partial charge in [0.25, 0.3) is 0 Å². The van der Waals surface area contributed by atoms with Crippen molar-refractivity contribution in [2.75, 3.05) is 26.2 Å². The fourth-order valence-corrected chi connectivity index (χ4v) is 1.95. The van der Waals surface area contributed by atoms with E-state index in [1.807, 2.05) is 0 Å². The maximum Gasteiger partial charge on any atom is 0.246 e. The van der Waals surface area contributed by atoms with Crippen molar-refractivity contribution >= 4 is 11.8 Å². The van der Waals surface area contributed by atoms with Gasteiger partial charge in [-0.2, -0.15) is 0 Å². The van der Waals surface area contributed by atoms with Gasteiger partial charge < -0.3 is 21.1 Å². The quantitative estimate of drug-likeness (QED) is 0.546. The average Bonchev–Trinajstić information content (AvgIpc) is 2.44. The molecule has 0 saturated heterocycles. The van der Waals surface area contributed by atoms with Crippen molar-refractivity contribution in [2.24, 2.45) is 5.73 Å². The zero-order chi connectivity index (χ0) is 15.3. The zero-order valence-electron chi connectivity index (χ0n) is 12.5. The Bertz CT molecular complexity index is 387. The normalized spacial score (nSPS) is 17.9. The molecule has 0 spiro atoms. The van der Waals surface area contributed by atoms with Crippen LogP contribution in [0.5, 0.6) is 0 Å². The molecular formula is C15H25N3O3. The van der Waals surface area contributed by atoms with Gasteiger partial charge in [0, 0.05) is 32.5 Å². The molecule has 0 aromatic rings. The van der Waals surface area contributed by atoms with E-state index in [4.69, 9.17) is 10.5 Å². The Balaban J connectivity index is 2.11. The number of carbonyl (C=O) groups is 2. The number of hydrogen-bond donors (Lipinski definition) is 3. The first kappa shape index (κ1) is 17.5. The van der Waals surface area contributed by atoms with Crippen LogP contribution >= 0.6 is 0 Å². The summed E-state index contributed by atoms with van der Waals surface area (Å²) in [7, 11) is 0. The molecule has 6 heteroatoms. The zero-order valence-corrected chi connectivity index (χ0v) is 12.5. The van der Waals surface area contributed by atoms with Gasteiger partial charge in [-0.25, -0.2) is 0 Å². The topological polar surface area (TPSA) is 93.5 Å². The monoisotopic (exact) mass is 295 g/mol. The molecule has 4 N–H and O–H groups in total. The van der Waals surface area contributed by atoms with Gasteiger partial charge >= 0.3 is 0 Å². The van der Waals surface area contributed by atoms with Crippen LogP contribution in [0.15, 0.2) is 0 Å². The minimum absolute atomic E-state index is 0.0102. The van der Waals surface area contributed by atoms with Gasteiger partial charge in [0.05, 0.1) is 0 Å². The van der Waals surface area contributed by atoms with Crippen LogP contribution in [-0.2, 0) is 14.3 Å². The van der Waals surface area contributed by atoms with Gasteiger partial charge in [-0.15, -0.1) is 5.92 Å². The van der Waals surface area contributed by atoms with Crippen molar-refractivity contribution in [3.8, 4) is 11.8 Å². The molecule has 1 atom stereocenters. The molecule has 1 rings (SSSR count). The average molecular weight is 295 g/mol. The lowest BCUT2D eigenvalue weighted by atomic mass is 10.1. The molecule has 0 fully saturated rings. The Hall–Kier alpha value is -1.58. The van der Waals surface area contributed by atoms with E-state index >= 15 is 0 Å². The van der Waals surface area contributed by atoms with Crippen LogP contribution in [0.25, 0.3) is 0 Å². The maximum absolute atomic E-state index is 11.6. The van der Waals surface area contributed by atoms with Crippen molar-refractivity contribution in [3.05, 3.63) is 0 Å². The van der Waals surface area contributed by atoms with Crippen LogP contribution in [0.3, 0.4) is 0 Å². The molecule has 1 unspecified atom stereocenters. The smallest absolute Gasteiger partial charge is 0.246 e. The lowest BCUT2D eigenvalue weighted by molar-refractivity contribution is -0.127. The predicted octanol–water partition coefficient (Wildman–Crippen LogP) is -0.0797. The van der Waals surface area contributed by atoms with Crippen molar-refractivity contribution in [1.82, 2.24) is 10.6 Å². The summed E-state index contributed by atoms with van der Waals surface area (Å²) in [5, 5.41) is 5.29. The largest absolute Gasteiger partial charge is 0.356 e. The van der Waals surface area contributed by atoms with E-state index in [-0.39, 0.29) is 30.9 Å². The maximum atomic E-state index is 11.6. The highest BCUT2D eigenvalue weighted by atomic mass is 16.5. The van der Waals surface area contributed by atoms with E-state index in [9.17, 15) is 9.59 Å². The van der Waals surface area contributed by atoms with Gasteiger partial charge in [-0.1, -0.05) is 12.3 Å². The van der Waals surface area contributed by atoms with Gasteiger partial charge in [0.2, 0.25) is 11.8 Å². The van der Waals surface area contributed by atoms with Crippen molar-refractivity contribution in [3.63, 3.8) is 0 Å². The first-order valence-electron chi connectivity index (χ1n) is 7.56. The first-order chi connectivity index (χ1) is 10.2. The predicted molar refractivity (Wildman–Crippen MR) is 80.3 cm³/mol. The molecule has 0 bridgehead atoms. The summed E-state index contributed by atoms with van der Waals surface area (Å²) in [5.74, 6) is 5.78. The standard InChI is InChI=1S/C15H25N3O3/c16-9-11-18-14(19)8-10-17-15(20)12-21-13-6-4-2-1-3-5-7-13/h13H,1-4,6,8-12,16H2,(H,17,20)(H,18,19). The van der Waals surface area contributed by atoms with E-state index in [0.29, 0.717) is 19.6 Å². The van der Waals surface area contributed by atoms with Gasteiger partial charge in [0.15, 0.2) is 0 Å².